The number of halogens is 2. The largest absolute Gasteiger partial charge is 0.438 e. The van der Waals surface area contributed by atoms with Crippen LogP contribution in [0.2, 0.25) is 10.0 Å². The van der Waals surface area contributed by atoms with Gasteiger partial charge < -0.3 is 10.1 Å². The monoisotopic (exact) mass is 494 g/mol. The molecular formula is C26H24Cl2N4O2. The summed E-state index contributed by atoms with van der Waals surface area (Å²) in [6.07, 6.45) is 4.51. The van der Waals surface area contributed by atoms with Gasteiger partial charge in [-0.25, -0.2) is 0 Å². The van der Waals surface area contributed by atoms with Crippen LogP contribution in [0.5, 0.6) is 11.6 Å². The van der Waals surface area contributed by atoms with Crippen LogP contribution in [-0.2, 0) is 0 Å². The number of aryl methyl sites for hydroxylation is 2. The fraction of sp³-hybridized carbons (Fsp3) is 0.346. The summed E-state index contributed by atoms with van der Waals surface area (Å²) in [5, 5.41) is 18.5. The van der Waals surface area contributed by atoms with Gasteiger partial charge in [0.05, 0.1) is 10.7 Å². The second kappa shape index (κ2) is 8.98. The van der Waals surface area contributed by atoms with E-state index in [-0.39, 0.29) is 29.1 Å². The summed E-state index contributed by atoms with van der Waals surface area (Å²) in [4.78, 5) is 13.3. The summed E-state index contributed by atoms with van der Waals surface area (Å²) in [6.45, 7) is 3.99. The molecule has 2 aliphatic carbocycles. The molecule has 3 unspecified atom stereocenters. The van der Waals surface area contributed by atoms with Gasteiger partial charge in [0.25, 0.3) is 5.91 Å². The Kier molecular flexibility index (Phi) is 6.01. The van der Waals surface area contributed by atoms with E-state index in [1.54, 1.807) is 18.2 Å². The van der Waals surface area contributed by atoms with Crippen molar-refractivity contribution < 1.29 is 9.53 Å². The molecule has 2 aliphatic rings. The first-order valence-corrected chi connectivity index (χ1v) is 12.1. The van der Waals surface area contributed by atoms with E-state index in [2.05, 4.69) is 16.5 Å². The van der Waals surface area contributed by atoms with E-state index in [1.165, 1.54) is 11.1 Å². The van der Waals surface area contributed by atoms with Gasteiger partial charge in [0, 0.05) is 11.1 Å². The summed E-state index contributed by atoms with van der Waals surface area (Å²) < 4.78 is 7.57. The zero-order valence-electron chi connectivity index (χ0n) is 18.9. The van der Waals surface area contributed by atoms with Crippen LogP contribution >= 0.6 is 23.2 Å². The lowest BCUT2D eigenvalue weighted by atomic mass is 9.95. The van der Waals surface area contributed by atoms with Gasteiger partial charge in [-0.15, -0.1) is 0 Å². The molecule has 1 aromatic heterocycles. The van der Waals surface area contributed by atoms with Crippen molar-refractivity contribution in [1.29, 1.82) is 5.26 Å². The van der Waals surface area contributed by atoms with Gasteiger partial charge in [0.1, 0.15) is 17.4 Å². The predicted octanol–water partition coefficient (Wildman–Crippen LogP) is 6.38. The number of benzene rings is 2. The summed E-state index contributed by atoms with van der Waals surface area (Å²) >= 11 is 12.5. The topological polar surface area (TPSA) is 79.9 Å². The number of hydrogen-bond donors (Lipinski definition) is 1. The fourth-order valence-electron chi connectivity index (χ4n) is 5.12. The molecule has 2 bridgehead atoms. The van der Waals surface area contributed by atoms with Crippen LogP contribution in [0, 0.1) is 37.0 Å². The Hall–Kier alpha value is -3.01. The molecule has 2 saturated carbocycles. The van der Waals surface area contributed by atoms with Crippen LogP contribution in [0.4, 0.5) is 0 Å². The fourth-order valence-corrected chi connectivity index (χ4v) is 5.61. The van der Waals surface area contributed by atoms with Crippen LogP contribution in [0.3, 0.4) is 0 Å². The van der Waals surface area contributed by atoms with E-state index in [4.69, 9.17) is 27.9 Å². The molecule has 0 saturated heterocycles. The predicted molar refractivity (Wildman–Crippen MR) is 131 cm³/mol. The van der Waals surface area contributed by atoms with Crippen LogP contribution in [-0.4, -0.2) is 21.7 Å². The molecular weight excluding hydrogens is 471 g/mol. The van der Waals surface area contributed by atoms with E-state index in [0.29, 0.717) is 33.3 Å². The summed E-state index contributed by atoms with van der Waals surface area (Å²) in [6, 6.07) is 12.8. The molecule has 2 fully saturated rings. The zero-order valence-corrected chi connectivity index (χ0v) is 20.5. The lowest BCUT2D eigenvalue weighted by Crippen LogP contribution is -2.39. The lowest BCUT2D eigenvalue weighted by molar-refractivity contribution is 0.0917. The van der Waals surface area contributed by atoms with Crippen molar-refractivity contribution in [3.05, 3.63) is 68.8 Å². The van der Waals surface area contributed by atoms with Crippen molar-refractivity contribution in [3.8, 4) is 23.4 Å². The SMILES string of the molecule is Cc1ccc(Oc2c(C#N)c(C(=O)NC3CC4CCC3C4)nn2-c2ccc(Cl)cc2Cl)cc1C. The average molecular weight is 495 g/mol. The van der Waals surface area contributed by atoms with Gasteiger partial charge in [0.15, 0.2) is 5.69 Å². The van der Waals surface area contributed by atoms with Crippen molar-refractivity contribution in [2.45, 2.75) is 45.6 Å². The van der Waals surface area contributed by atoms with E-state index < -0.39 is 0 Å². The van der Waals surface area contributed by atoms with Crippen molar-refractivity contribution in [1.82, 2.24) is 15.1 Å². The minimum absolute atomic E-state index is 0.0233. The Morgan fingerprint density at radius 3 is 2.62 bits per heavy atom. The van der Waals surface area contributed by atoms with Crippen LogP contribution in [0.15, 0.2) is 36.4 Å². The second-order valence-electron chi connectivity index (χ2n) is 9.25. The highest BCUT2D eigenvalue weighted by atomic mass is 35.5. The Labute approximate surface area is 208 Å². The van der Waals surface area contributed by atoms with Gasteiger partial charge in [0.2, 0.25) is 5.88 Å². The normalized spacial score (nSPS) is 20.9. The van der Waals surface area contributed by atoms with Crippen LogP contribution < -0.4 is 10.1 Å². The highest BCUT2D eigenvalue weighted by Gasteiger charge is 2.41. The molecule has 0 spiro atoms. The number of nitrogens with one attached hydrogen (secondary N) is 1. The number of nitriles is 1. The molecule has 2 aromatic carbocycles. The number of carbonyl (C=O) groups is 1. The first-order chi connectivity index (χ1) is 16.3. The molecule has 8 heteroatoms. The molecule has 1 N–H and O–H groups in total. The molecule has 3 aromatic rings. The number of amides is 1. The molecule has 5 rings (SSSR count). The summed E-state index contributed by atoms with van der Waals surface area (Å²) in [5.41, 5.74) is 2.70. The van der Waals surface area contributed by atoms with Crippen molar-refractivity contribution in [2.24, 2.45) is 11.8 Å². The van der Waals surface area contributed by atoms with E-state index in [9.17, 15) is 10.1 Å². The third-order valence-corrected chi connectivity index (χ3v) is 7.59. The highest BCUT2D eigenvalue weighted by Crippen LogP contribution is 2.44. The molecule has 1 amide bonds. The summed E-state index contributed by atoms with van der Waals surface area (Å²) in [5.74, 6) is 1.47. The molecule has 1 heterocycles. The molecule has 34 heavy (non-hydrogen) atoms. The molecule has 174 valence electrons. The molecule has 0 aliphatic heterocycles. The van der Waals surface area contributed by atoms with Crippen LogP contribution in [0.1, 0.15) is 52.9 Å². The number of aromatic nitrogens is 2. The minimum Gasteiger partial charge on any atom is -0.438 e. The Morgan fingerprint density at radius 2 is 1.97 bits per heavy atom. The maximum absolute atomic E-state index is 13.3. The average Bonchev–Trinajstić information content (AvgIpc) is 3.51. The Morgan fingerprint density at radius 1 is 1.15 bits per heavy atom. The van der Waals surface area contributed by atoms with Gasteiger partial charge in [-0.05, 0) is 86.4 Å². The van der Waals surface area contributed by atoms with Crippen molar-refractivity contribution in [2.75, 3.05) is 0 Å². The first kappa shape index (κ1) is 22.8. The standard InChI is InChI=1S/C26H24Cl2N4O2/c1-14-3-7-19(9-15(14)2)34-26-20(13-29)24(25(33)30-22-11-16-4-5-17(22)10-16)31-32(26)23-8-6-18(27)12-21(23)28/h3,6-9,12,16-17,22H,4-5,10-11H2,1-2H3,(H,30,33). The Bertz CT molecular complexity index is 1330. The third kappa shape index (κ3) is 4.15. The maximum Gasteiger partial charge on any atom is 0.273 e. The minimum atomic E-state index is -0.372. The highest BCUT2D eigenvalue weighted by molar-refractivity contribution is 6.35. The first-order valence-electron chi connectivity index (χ1n) is 11.4. The van der Waals surface area contributed by atoms with E-state index in [0.717, 1.165) is 30.4 Å². The number of nitrogens with zero attached hydrogens (tertiary/aromatic N) is 3. The Balaban J connectivity index is 1.57. The molecule has 3 atom stereocenters. The quantitative estimate of drug-likeness (QED) is 0.446. The summed E-state index contributed by atoms with van der Waals surface area (Å²) in [7, 11) is 0. The smallest absolute Gasteiger partial charge is 0.273 e. The molecule has 6 nitrogen and oxygen atoms in total. The zero-order chi connectivity index (χ0) is 24.0. The van der Waals surface area contributed by atoms with Gasteiger partial charge in [-0.1, -0.05) is 35.7 Å². The second-order valence-corrected chi connectivity index (χ2v) is 10.1. The lowest BCUT2D eigenvalue weighted by Gasteiger charge is -2.22. The number of fused-ring (bicyclic) bond motifs is 2. The van der Waals surface area contributed by atoms with E-state index in [1.807, 2.05) is 32.0 Å². The molecule has 0 radical (unpaired) electrons. The van der Waals surface area contributed by atoms with Gasteiger partial charge in [-0.3, -0.25) is 4.79 Å². The van der Waals surface area contributed by atoms with Gasteiger partial charge >= 0.3 is 0 Å². The number of ether oxygens (including phenoxy) is 1. The van der Waals surface area contributed by atoms with E-state index >= 15 is 0 Å². The number of carbonyl (C=O) groups excluding carboxylic acids is 1. The van der Waals surface area contributed by atoms with Crippen molar-refractivity contribution >= 4 is 29.1 Å². The van der Waals surface area contributed by atoms with Crippen molar-refractivity contribution in [3.63, 3.8) is 0 Å². The maximum atomic E-state index is 13.3. The number of rotatable bonds is 5. The van der Waals surface area contributed by atoms with Crippen LogP contribution in [0.25, 0.3) is 5.69 Å². The number of hydrogen-bond acceptors (Lipinski definition) is 4. The van der Waals surface area contributed by atoms with Gasteiger partial charge in [-0.2, -0.15) is 15.0 Å². The third-order valence-electron chi connectivity index (χ3n) is 7.06.